The van der Waals surface area contributed by atoms with Crippen LogP contribution in [0.25, 0.3) is 0 Å². The van der Waals surface area contributed by atoms with Crippen molar-refractivity contribution in [1.82, 2.24) is 0 Å². The van der Waals surface area contributed by atoms with Gasteiger partial charge in [0.25, 0.3) is 0 Å². The molecular formula is C18H28OSi. The predicted molar refractivity (Wildman–Crippen MR) is 85.5 cm³/mol. The number of hydrogen-bond donors (Lipinski definition) is 0. The van der Waals surface area contributed by atoms with Crippen LogP contribution in [-0.4, -0.2) is 15.8 Å². The summed E-state index contributed by atoms with van der Waals surface area (Å²) in [4.78, 5) is 10.9. The minimum absolute atomic E-state index is 0.0447. The Morgan fingerprint density at radius 2 is 1.45 bits per heavy atom. The fourth-order valence-electron chi connectivity index (χ4n) is 4.83. The molecule has 3 aliphatic rings. The van der Waals surface area contributed by atoms with Gasteiger partial charge < -0.3 is 4.79 Å². The number of carbonyl (C=O) groups is 1. The van der Waals surface area contributed by atoms with Crippen LogP contribution in [0.2, 0.25) is 5.04 Å². The number of aldehydes is 1. The molecule has 0 aromatic heterocycles. The molecule has 2 heteroatoms. The maximum Gasteiger partial charge on any atom is 0.155 e. The first-order chi connectivity index (χ1) is 9.22. The zero-order valence-electron chi connectivity index (χ0n) is 13.8. The average Bonchev–Trinajstić information content (AvgIpc) is 2.23. The van der Waals surface area contributed by atoms with Gasteiger partial charge in [-0.25, -0.2) is 0 Å². The van der Waals surface area contributed by atoms with Crippen LogP contribution >= 0.6 is 0 Å². The summed E-state index contributed by atoms with van der Waals surface area (Å²) in [5.74, 6) is 5.51. The molecule has 0 amide bonds. The highest BCUT2D eigenvalue weighted by atomic mass is 28.2. The van der Waals surface area contributed by atoms with E-state index in [4.69, 9.17) is 0 Å². The SMILES string of the molecule is CC(C)C([Si]C#CC12CC(C=O)(C1)C2)(C(C)C)C(C)C. The van der Waals surface area contributed by atoms with E-state index in [1.807, 2.05) is 0 Å². The summed E-state index contributed by atoms with van der Waals surface area (Å²) in [6, 6.07) is 0. The normalized spacial score (nSPS) is 31.6. The van der Waals surface area contributed by atoms with Crippen LogP contribution in [0.15, 0.2) is 0 Å². The van der Waals surface area contributed by atoms with Gasteiger partial charge in [-0.2, -0.15) is 0 Å². The van der Waals surface area contributed by atoms with Gasteiger partial charge in [0.2, 0.25) is 0 Å². The summed E-state index contributed by atoms with van der Waals surface area (Å²) in [7, 11) is 0.711. The van der Waals surface area contributed by atoms with Gasteiger partial charge in [0.1, 0.15) is 6.29 Å². The van der Waals surface area contributed by atoms with E-state index in [1.165, 1.54) is 6.29 Å². The lowest BCUT2D eigenvalue weighted by Gasteiger charge is -2.65. The van der Waals surface area contributed by atoms with Gasteiger partial charge in [0, 0.05) is 10.8 Å². The van der Waals surface area contributed by atoms with E-state index in [1.54, 1.807) is 0 Å². The van der Waals surface area contributed by atoms with Gasteiger partial charge in [-0.3, -0.25) is 0 Å². The lowest BCUT2D eigenvalue weighted by molar-refractivity contribution is -0.168. The van der Waals surface area contributed by atoms with Crippen LogP contribution in [0, 0.1) is 40.0 Å². The first kappa shape index (κ1) is 15.8. The van der Waals surface area contributed by atoms with E-state index in [0.29, 0.717) is 32.3 Å². The van der Waals surface area contributed by atoms with Crippen molar-refractivity contribution >= 4 is 15.8 Å². The minimum Gasteiger partial charge on any atom is -0.303 e. The van der Waals surface area contributed by atoms with Crippen LogP contribution < -0.4 is 0 Å². The molecule has 3 rings (SSSR count). The Hall–Kier alpha value is -0.553. The fraction of sp³-hybridized carbons (Fsp3) is 0.833. The Balaban J connectivity index is 2.06. The Kier molecular flexibility index (Phi) is 3.97. The molecule has 0 spiro atoms. The molecule has 0 aromatic carbocycles. The number of rotatable bonds is 5. The van der Waals surface area contributed by atoms with Crippen molar-refractivity contribution in [2.75, 3.05) is 0 Å². The number of carbonyl (C=O) groups excluding carboxylic acids is 1. The molecule has 2 radical (unpaired) electrons. The van der Waals surface area contributed by atoms with Crippen LogP contribution in [0.3, 0.4) is 0 Å². The quantitative estimate of drug-likeness (QED) is 0.422. The van der Waals surface area contributed by atoms with Crippen LogP contribution in [0.4, 0.5) is 0 Å². The Bertz CT molecular complexity index is 408. The molecule has 0 saturated heterocycles. The van der Waals surface area contributed by atoms with Gasteiger partial charge >= 0.3 is 0 Å². The summed E-state index contributed by atoms with van der Waals surface area (Å²) in [5.41, 5.74) is 3.83. The topological polar surface area (TPSA) is 17.1 Å². The lowest BCUT2D eigenvalue weighted by Crippen LogP contribution is -2.61. The molecule has 0 aromatic rings. The molecule has 20 heavy (non-hydrogen) atoms. The fourth-order valence-corrected chi connectivity index (χ4v) is 6.24. The molecule has 3 saturated carbocycles. The smallest absolute Gasteiger partial charge is 0.155 e. The van der Waals surface area contributed by atoms with E-state index in [9.17, 15) is 4.79 Å². The molecule has 3 fully saturated rings. The summed E-state index contributed by atoms with van der Waals surface area (Å²) in [6.07, 6.45) is 4.25. The van der Waals surface area contributed by atoms with Crippen molar-refractivity contribution in [2.24, 2.45) is 28.6 Å². The van der Waals surface area contributed by atoms with Crippen molar-refractivity contribution < 1.29 is 4.79 Å². The highest BCUT2D eigenvalue weighted by molar-refractivity contribution is 6.50. The third-order valence-corrected chi connectivity index (χ3v) is 8.21. The summed E-state index contributed by atoms with van der Waals surface area (Å²) >= 11 is 0. The van der Waals surface area contributed by atoms with Crippen LogP contribution in [0.1, 0.15) is 60.8 Å². The Morgan fingerprint density at radius 1 is 1.00 bits per heavy atom. The van der Waals surface area contributed by atoms with Crippen molar-refractivity contribution in [3.05, 3.63) is 0 Å². The largest absolute Gasteiger partial charge is 0.303 e. The van der Waals surface area contributed by atoms with Gasteiger partial charge in [0.05, 0.1) is 0 Å². The van der Waals surface area contributed by atoms with Gasteiger partial charge in [-0.1, -0.05) is 41.5 Å². The zero-order chi connectivity index (χ0) is 15.2. The molecule has 0 unspecified atom stereocenters. The third-order valence-electron chi connectivity index (χ3n) is 5.79. The summed E-state index contributed by atoms with van der Waals surface area (Å²) < 4.78 is 0. The van der Waals surface area contributed by atoms with Crippen LogP contribution in [0.5, 0.6) is 0 Å². The molecule has 1 nitrogen and oxygen atoms in total. The molecule has 2 bridgehead atoms. The maximum absolute atomic E-state index is 10.9. The first-order valence-corrected chi connectivity index (χ1v) is 8.98. The van der Waals surface area contributed by atoms with Crippen LogP contribution in [-0.2, 0) is 4.79 Å². The molecule has 0 heterocycles. The zero-order valence-corrected chi connectivity index (χ0v) is 14.8. The first-order valence-electron chi connectivity index (χ1n) is 7.98. The van der Waals surface area contributed by atoms with E-state index < -0.39 is 0 Å². The lowest BCUT2D eigenvalue weighted by atomic mass is 9.36. The summed E-state index contributed by atoms with van der Waals surface area (Å²) in [6.45, 7) is 14.1. The number of hydrogen-bond acceptors (Lipinski definition) is 1. The standard InChI is InChI=1S/C18H28OSi/c1-13(2)18(14(3)4,15(5)6)20-8-7-16-9-17(10-16,11-16)12-19/h12-15H,9-11H2,1-6H3. The molecule has 110 valence electrons. The highest BCUT2D eigenvalue weighted by Gasteiger charge is 2.67. The van der Waals surface area contributed by atoms with Gasteiger partial charge in [0.15, 0.2) is 9.52 Å². The van der Waals surface area contributed by atoms with Gasteiger partial charge in [-0.15, -0.1) is 11.5 Å². The van der Waals surface area contributed by atoms with Crippen molar-refractivity contribution in [1.29, 1.82) is 0 Å². The molecule has 0 N–H and O–H groups in total. The molecule has 0 atom stereocenters. The van der Waals surface area contributed by atoms with E-state index >= 15 is 0 Å². The molecule has 0 aliphatic heterocycles. The Labute approximate surface area is 127 Å². The second-order valence-electron chi connectivity index (χ2n) is 8.06. The van der Waals surface area contributed by atoms with Crippen molar-refractivity contribution in [2.45, 2.75) is 65.8 Å². The van der Waals surface area contributed by atoms with E-state index in [-0.39, 0.29) is 10.8 Å². The van der Waals surface area contributed by atoms with E-state index in [2.05, 4.69) is 53.0 Å². The van der Waals surface area contributed by atoms with Crippen molar-refractivity contribution in [3.63, 3.8) is 0 Å². The average molecular weight is 289 g/mol. The molecular weight excluding hydrogens is 260 g/mol. The predicted octanol–water partition coefficient (Wildman–Crippen LogP) is 4.15. The van der Waals surface area contributed by atoms with Crippen molar-refractivity contribution in [3.8, 4) is 11.5 Å². The van der Waals surface area contributed by atoms with Gasteiger partial charge in [-0.05, 0) is 42.1 Å². The molecule has 3 aliphatic carbocycles. The second kappa shape index (κ2) is 5.02. The third kappa shape index (κ3) is 2.19. The highest BCUT2D eigenvalue weighted by Crippen LogP contribution is 2.71. The monoisotopic (exact) mass is 288 g/mol. The van der Waals surface area contributed by atoms with E-state index in [0.717, 1.165) is 19.3 Å². The second-order valence-corrected chi connectivity index (χ2v) is 9.43. The maximum atomic E-state index is 10.9. The minimum atomic E-state index is 0.0447. The summed E-state index contributed by atoms with van der Waals surface area (Å²) in [5, 5.41) is 0.332. The Morgan fingerprint density at radius 3 is 1.80 bits per heavy atom.